The third-order valence-corrected chi connectivity index (χ3v) is 4.85. The Kier molecular flexibility index (Phi) is 6.66. The second kappa shape index (κ2) is 9.21. The lowest BCUT2D eigenvalue weighted by Crippen LogP contribution is -2.48. The van der Waals surface area contributed by atoms with E-state index in [0.29, 0.717) is 13.0 Å². The highest BCUT2D eigenvalue weighted by Gasteiger charge is 2.37. The number of hydrogen-bond donors (Lipinski definition) is 2. The molecule has 1 saturated heterocycles. The van der Waals surface area contributed by atoms with Gasteiger partial charge < -0.3 is 15.2 Å². The van der Waals surface area contributed by atoms with Gasteiger partial charge in [-0.2, -0.15) is 0 Å². The van der Waals surface area contributed by atoms with Gasteiger partial charge >= 0.3 is 6.09 Å². The van der Waals surface area contributed by atoms with Crippen molar-refractivity contribution < 1.29 is 19.4 Å². The standard InChI is InChI=1S/C22H28N4O4/c1-22(2,3)30-21(29)26-12-4-5-19(26)20(28)25-18(14-27)16-8-6-15(7-9-16)17-13-23-10-11-24-17/h6-11,13,18-19,27H,4-5,12,14H2,1-3H3,(H,25,28). The first-order valence-electron chi connectivity index (χ1n) is 10.1. The Hall–Kier alpha value is -3.00. The number of amides is 2. The van der Waals surface area contributed by atoms with Crippen molar-refractivity contribution in [1.29, 1.82) is 0 Å². The van der Waals surface area contributed by atoms with E-state index in [1.165, 1.54) is 4.90 Å². The van der Waals surface area contributed by atoms with Crippen molar-refractivity contribution in [3.63, 3.8) is 0 Å². The maximum absolute atomic E-state index is 12.9. The number of aliphatic hydroxyl groups is 1. The maximum Gasteiger partial charge on any atom is 0.410 e. The van der Waals surface area contributed by atoms with Gasteiger partial charge in [-0.15, -0.1) is 0 Å². The highest BCUT2D eigenvalue weighted by molar-refractivity contribution is 5.86. The van der Waals surface area contributed by atoms with Gasteiger partial charge in [0.2, 0.25) is 5.91 Å². The molecule has 160 valence electrons. The molecule has 2 heterocycles. The van der Waals surface area contributed by atoms with Gasteiger partial charge in [0.15, 0.2) is 0 Å². The average Bonchev–Trinajstić information content (AvgIpc) is 3.22. The van der Waals surface area contributed by atoms with Gasteiger partial charge in [-0.05, 0) is 39.2 Å². The average molecular weight is 412 g/mol. The van der Waals surface area contributed by atoms with E-state index < -0.39 is 23.8 Å². The third-order valence-electron chi connectivity index (χ3n) is 4.85. The zero-order chi connectivity index (χ0) is 21.7. The van der Waals surface area contributed by atoms with Crippen LogP contribution in [0.1, 0.15) is 45.2 Å². The van der Waals surface area contributed by atoms with E-state index in [2.05, 4.69) is 15.3 Å². The van der Waals surface area contributed by atoms with Crippen LogP contribution in [0.15, 0.2) is 42.9 Å². The lowest BCUT2D eigenvalue weighted by molar-refractivity contribution is -0.126. The molecule has 1 aromatic carbocycles. The first-order chi connectivity index (χ1) is 14.3. The Morgan fingerprint density at radius 3 is 2.60 bits per heavy atom. The maximum atomic E-state index is 12.9. The van der Waals surface area contributed by atoms with Crippen LogP contribution in [0.25, 0.3) is 11.3 Å². The lowest BCUT2D eigenvalue weighted by atomic mass is 10.0. The molecule has 1 fully saturated rings. The van der Waals surface area contributed by atoms with Crippen LogP contribution in [0.4, 0.5) is 4.79 Å². The monoisotopic (exact) mass is 412 g/mol. The molecule has 2 unspecified atom stereocenters. The number of benzene rings is 1. The topological polar surface area (TPSA) is 105 Å². The van der Waals surface area contributed by atoms with Gasteiger partial charge in [-0.3, -0.25) is 19.7 Å². The van der Waals surface area contributed by atoms with E-state index in [-0.39, 0.29) is 12.5 Å². The molecule has 8 heteroatoms. The van der Waals surface area contributed by atoms with Gasteiger partial charge in [0.1, 0.15) is 11.6 Å². The molecule has 8 nitrogen and oxygen atoms in total. The summed E-state index contributed by atoms with van der Waals surface area (Å²) in [4.78, 5) is 35.1. The molecular weight excluding hydrogens is 384 g/mol. The lowest BCUT2D eigenvalue weighted by Gasteiger charge is -2.29. The second-order valence-corrected chi connectivity index (χ2v) is 8.29. The molecule has 1 aliphatic heterocycles. The summed E-state index contributed by atoms with van der Waals surface area (Å²) in [7, 11) is 0. The molecule has 1 aromatic heterocycles. The summed E-state index contributed by atoms with van der Waals surface area (Å²) in [6, 6.07) is 6.24. The van der Waals surface area contributed by atoms with Crippen LogP contribution in [-0.2, 0) is 9.53 Å². The molecule has 2 amide bonds. The fourth-order valence-electron chi connectivity index (χ4n) is 3.42. The predicted octanol–water partition coefficient (Wildman–Crippen LogP) is 2.69. The van der Waals surface area contributed by atoms with Crippen LogP contribution >= 0.6 is 0 Å². The number of nitrogens with one attached hydrogen (secondary N) is 1. The molecule has 2 aromatic rings. The number of nitrogens with zero attached hydrogens (tertiary/aromatic N) is 3. The number of aromatic nitrogens is 2. The van der Waals surface area contributed by atoms with Gasteiger partial charge in [-0.25, -0.2) is 4.79 Å². The molecule has 1 aliphatic rings. The number of carbonyl (C=O) groups excluding carboxylic acids is 2. The molecule has 0 aliphatic carbocycles. The Bertz CT molecular complexity index is 865. The van der Waals surface area contributed by atoms with Crippen LogP contribution in [0.5, 0.6) is 0 Å². The Morgan fingerprint density at radius 1 is 1.27 bits per heavy atom. The minimum absolute atomic E-state index is 0.255. The Labute approximate surface area is 176 Å². The number of rotatable bonds is 5. The van der Waals surface area contributed by atoms with Gasteiger partial charge in [0.05, 0.1) is 24.5 Å². The molecule has 0 spiro atoms. The van der Waals surface area contributed by atoms with Crippen molar-refractivity contribution in [2.75, 3.05) is 13.2 Å². The number of aliphatic hydroxyl groups excluding tert-OH is 1. The highest BCUT2D eigenvalue weighted by atomic mass is 16.6. The quantitative estimate of drug-likeness (QED) is 0.782. The van der Waals surface area contributed by atoms with Crippen LogP contribution < -0.4 is 5.32 Å². The van der Waals surface area contributed by atoms with E-state index in [0.717, 1.165) is 23.2 Å². The van der Waals surface area contributed by atoms with E-state index in [9.17, 15) is 14.7 Å². The second-order valence-electron chi connectivity index (χ2n) is 8.29. The number of ether oxygens (including phenoxy) is 1. The van der Waals surface area contributed by atoms with Gasteiger partial charge in [0, 0.05) is 24.5 Å². The Morgan fingerprint density at radius 2 is 2.00 bits per heavy atom. The molecule has 2 atom stereocenters. The number of carbonyl (C=O) groups is 2. The van der Waals surface area contributed by atoms with Crippen molar-refractivity contribution in [1.82, 2.24) is 20.2 Å². The molecule has 0 saturated carbocycles. The first kappa shape index (κ1) is 21.7. The first-order valence-corrected chi connectivity index (χ1v) is 10.1. The van der Waals surface area contributed by atoms with Crippen molar-refractivity contribution in [3.05, 3.63) is 48.4 Å². The molecular formula is C22H28N4O4. The van der Waals surface area contributed by atoms with E-state index in [4.69, 9.17) is 4.74 Å². The summed E-state index contributed by atoms with van der Waals surface area (Å²) in [6.07, 6.45) is 5.71. The van der Waals surface area contributed by atoms with Crippen LogP contribution in [0.2, 0.25) is 0 Å². The SMILES string of the molecule is CC(C)(C)OC(=O)N1CCCC1C(=O)NC(CO)c1ccc(-c2cnccn2)cc1. The summed E-state index contributed by atoms with van der Waals surface area (Å²) >= 11 is 0. The minimum Gasteiger partial charge on any atom is -0.444 e. The fourth-order valence-corrected chi connectivity index (χ4v) is 3.42. The molecule has 3 rings (SSSR count). The normalized spacial score (nSPS) is 17.5. The number of hydrogen-bond acceptors (Lipinski definition) is 6. The number of likely N-dealkylation sites (tertiary alicyclic amines) is 1. The Balaban J connectivity index is 1.67. The smallest absolute Gasteiger partial charge is 0.410 e. The van der Waals surface area contributed by atoms with Crippen molar-refractivity contribution in [2.45, 2.75) is 51.3 Å². The van der Waals surface area contributed by atoms with Gasteiger partial charge in [0.25, 0.3) is 0 Å². The third kappa shape index (κ3) is 5.33. The predicted molar refractivity (Wildman–Crippen MR) is 111 cm³/mol. The van der Waals surface area contributed by atoms with Crippen molar-refractivity contribution in [2.24, 2.45) is 0 Å². The van der Waals surface area contributed by atoms with E-state index in [1.54, 1.807) is 39.4 Å². The molecule has 0 radical (unpaired) electrons. The largest absolute Gasteiger partial charge is 0.444 e. The van der Waals surface area contributed by atoms with E-state index >= 15 is 0 Å². The zero-order valence-electron chi connectivity index (χ0n) is 17.5. The molecule has 0 bridgehead atoms. The van der Waals surface area contributed by atoms with Crippen LogP contribution in [0.3, 0.4) is 0 Å². The fraction of sp³-hybridized carbons (Fsp3) is 0.455. The van der Waals surface area contributed by atoms with E-state index in [1.807, 2.05) is 24.3 Å². The molecule has 2 N–H and O–H groups in total. The van der Waals surface area contributed by atoms with Crippen LogP contribution in [0, 0.1) is 0 Å². The summed E-state index contributed by atoms with van der Waals surface area (Å²) < 4.78 is 5.42. The van der Waals surface area contributed by atoms with Crippen molar-refractivity contribution >= 4 is 12.0 Å². The van der Waals surface area contributed by atoms with Gasteiger partial charge in [-0.1, -0.05) is 24.3 Å². The zero-order valence-corrected chi connectivity index (χ0v) is 17.5. The summed E-state index contributed by atoms with van der Waals surface area (Å²) in [5, 5.41) is 12.7. The summed E-state index contributed by atoms with van der Waals surface area (Å²) in [5.74, 6) is -0.296. The van der Waals surface area contributed by atoms with Crippen LogP contribution in [-0.4, -0.2) is 56.8 Å². The minimum atomic E-state index is -0.626. The highest BCUT2D eigenvalue weighted by Crippen LogP contribution is 2.23. The summed E-state index contributed by atoms with van der Waals surface area (Å²) in [5.41, 5.74) is 1.77. The van der Waals surface area contributed by atoms with Crippen molar-refractivity contribution in [3.8, 4) is 11.3 Å². The summed E-state index contributed by atoms with van der Waals surface area (Å²) in [6.45, 7) is 5.60. The molecule has 30 heavy (non-hydrogen) atoms.